The third-order valence-electron chi connectivity index (χ3n) is 2.49. The first-order valence-electron chi connectivity index (χ1n) is 4.80. The summed E-state index contributed by atoms with van der Waals surface area (Å²) < 4.78 is 0. The van der Waals surface area contributed by atoms with Crippen LogP contribution in [0.3, 0.4) is 0 Å². The largest absolute Gasteiger partial charge is 0.374 e. The zero-order valence-electron chi connectivity index (χ0n) is 9.04. The first-order chi connectivity index (χ1) is 6.65. The standard InChI is InChI=1S/C12H16N2/c1-10-5-6-12(9-11(10)2)14(3)8-4-7-13/h5-6,9H,4,8H2,1-3H3. The summed E-state index contributed by atoms with van der Waals surface area (Å²) in [7, 11) is 2.02. The van der Waals surface area contributed by atoms with Gasteiger partial charge < -0.3 is 4.90 Å². The van der Waals surface area contributed by atoms with Crippen LogP contribution in [0.25, 0.3) is 0 Å². The van der Waals surface area contributed by atoms with Crippen LogP contribution >= 0.6 is 0 Å². The van der Waals surface area contributed by atoms with Gasteiger partial charge in [0.25, 0.3) is 0 Å². The maximum atomic E-state index is 8.48. The van der Waals surface area contributed by atoms with Gasteiger partial charge in [0.15, 0.2) is 0 Å². The molecule has 0 aliphatic rings. The van der Waals surface area contributed by atoms with Crippen LogP contribution in [0.5, 0.6) is 0 Å². The van der Waals surface area contributed by atoms with Crippen LogP contribution in [-0.2, 0) is 0 Å². The minimum absolute atomic E-state index is 0.573. The van der Waals surface area contributed by atoms with Gasteiger partial charge in [-0.05, 0) is 37.1 Å². The monoisotopic (exact) mass is 188 g/mol. The minimum atomic E-state index is 0.573. The van der Waals surface area contributed by atoms with E-state index in [0.717, 1.165) is 6.54 Å². The summed E-state index contributed by atoms with van der Waals surface area (Å²) >= 11 is 0. The number of nitriles is 1. The van der Waals surface area contributed by atoms with E-state index >= 15 is 0 Å². The van der Waals surface area contributed by atoms with Crippen molar-refractivity contribution in [2.45, 2.75) is 20.3 Å². The molecular weight excluding hydrogens is 172 g/mol. The zero-order chi connectivity index (χ0) is 10.6. The van der Waals surface area contributed by atoms with E-state index in [1.165, 1.54) is 16.8 Å². The summed E-state index contributed by atoms with van der Waals surface area (Å²) in [6.45, 7) is 5.00. The number of aryl methyl sites for hydroxylation is 2. The van der Waals surface area contributed by atoms with Crippen molar-refractivity contribution in [1.82, 2.24) is 0 Å². The molecule has 0 unspecified atom stereocenters. The van der Waals surface area contributed by atoms with E-state index in [1.54, 1.807) is 0 Å². The van der Waals surface area contributed by atoms with Gasteiger partial charge in [-0.1, -0.05) is 6.07 Å². The van der Waals surface area contributed by atoms with Gasteiger partial charge in [-0.3, -0.25) is 0 Å². The first-order valence-corrected chi connectivity index (χ1v) is 4.80. The van der Waals surface area contributed by atoms with E-state index < -0.39 is 0 Å². The van der Waals surface area contributed by atoms with Crippen molar-refractivity contribution >= 4 is 5.69 Å². The molecule has 0 aliphatic heterocycles. The highest BCUT2D eigenvalue weighted by atomic mass is 15.1. The lowest BCUT2D eigenvalue weighted by molar-refractivity contribution is 0.904. The number of hydrogen-bond acceptors (Lipinski definition) is 2. The summed E-state index contributed by atoms with van der Waals surface area (Å²) in [5.41, 5.74) is 3.79. The van der Waals surface area contributed by atoms with Crippen LogP contribution in [-0.4, -0.2) is 13.6 Å². The molecule has 0 bridgehead atoms. The molecule has 1 rings (SSSR count). The highest BCUT2D eigenvalue weighted by Crippen LogP contribution is 2.17. The summed E-state index contributed by atoms with van der Waals surface area (Å²) in [5, 5.41) is 8.48. The van der Waals surface area contributed by atoms with Crippen molar-refractivity contribution in [3.05, 3.63) is 29.3 Å². The molecule has 0 heterocycles. The van der Waals surface area contributed by atoms with E-state index in [9.17, 15) is 0 Å². The molecule has 0 radical (unpaired) electrons. The van der Waals surface area contributed by atoms with Gasteiger partial charge in [0.2, 0.25) is 0 Å². The fourth-order valence-electron chi connectivity index (χ4n) is 1.31. The second-order valence-corrected chi connectivity index (χ2v) is 3.60. The van der Waals surface area contributed by atoms with Crippen molar-refractivity contribution < 1.29 is 0 Å². The highest BCUT2D eigenvalue weighted by Gasteiger charge is 2.01. The molecule has 0 spiro atoms. The fraction of sp³-hybridized carbons (Fsp3) is 0.417. The van der Waals surface area contributed by atoms with Crippen molar-refractivity contribution in [2.75, 3.05) is 18.5 Å². The Hall–Kier alpha value is -1.49. The summed E-state index contributed by atoms with van der Waals surface area (Å²) in [5.74, 6) is 0. The van der Waals surface area contributed by atoms with Crippen LogP contribution in [0, 0.1) is 25.2 Å². The van der Waals surface area contributed by atoms with E-state index in [4.69, 9.17) is 5.26 Å². The summed E-state index contributed by atoms with van der Waals surface area (Å²) in [4.78, 5) is 2.11. The zero-order valence-corrected chi connectivity index (χ0v) is 9.04. The smallest absolute Gasteiger partial charge is 0.0640 e. The van der Waals surface area contributed by atoms with Gasteiger partial charge in [0.05, 0.1) is 12.5 Å². The quantitative estimate of drug-likeness (QED) is 0.729. The third-order valence-corrected chi connectivity index (χ3v) is 2.49. The SMILES string of the molecule is Cc1ccc(N(C)CCC#N)cc1C. The van der Waals surface area contributed by atoms with Gasteiger partial charge in [-0.25, -0.2) is 0 Å². The highest BCUT2D eigenvalue weighted by molar-refractivity contribution is 5.49. The van der Waals surface area contributed by atoms with E-state index in [1.807, 2.05) is 7.05 Å². The molecular formula is C12H16N2. The molecule has 0 atom stereocenters. The average molecular weight is 188 g/mol. The Morgan fingerprint density at radius 1 is 1.29 bits per heavy atom. The lowest BCUT2D eigenvalue weighted by Crippen LogP contribution is -2.18. The molecule has 1 aromatic rings. The van der Waals surface area contributed by atoms with Gasteiger partial charge in [0, 0.05) is 19.3 Å². The van der Waals surface area contributed by atoms with E-state index in [-0.39, 0.29) is 0 Å². The Bertz CT molecular complexity index is 350. The fourth-order valence-corrected chi connectivity index (χ4v) is 1.31. The molecule has 0 aliphatic carbocycles. The van der Waals surface area contributed by atoms with Crippen LogP contribution in [0.15, 0.2) is 18.2 Å². The van der Waals surface area contributed by atoms with Crippen LogP contribution in [0.2, 0.25) is 0 Å². The maximum Gasteiger partial charge on any atom is 0.0640 e. The lowest BCUT2D eigenvalue weighted by Gasteiger charge is -2.18. The number of benzene rings is 1. The van der Waals surface area contributed by atoms with Crippen molar-refractivity contribution in [3.63, 3.8) is 0 Å². The molecule has 0 aromatic heterocycles. The van der Waals surface area contributed by atoms with Gasteiger partial charge in [-0.2, -0.15) is 5.26 Å². The maximum absolute atomic E-state index is 8.48. The van der Waals surface area contributed by atoms with Crippen LogP contribution in [0.1, 0.15) is 17.5 Å². The molecule has 0 fully saturated rings. The number of hydrogen-bond donors (Lipinski definition) is 0. The molecule has 0 saturated carbocycles. The number of rotatable bonds is 3. The first kappa shape index (κ1) is 10.6. The minimum Gasteiger partial charge on any atom is -0.374 e. The predicted octanol–water partition coefficient (Wildman–Crippen LogP) is 2.65. The Kier molecular flexibility index (Phi) is 3.53. The Labute approximate surface area is 85.8 Å². The molecule has 14 heavy (non-hydrogen) atoms. The Morgan fingerprint density at radius 3 is 2.57 bits per heavy atom. The number of anilines is 1. The number of nitrogens with zero attached hydrogens (tertiary/aromatic N) is 2. The van der Waals surface area contributed by atoms with E-state index in [0.29, 0.717) is 6.42 Å². The average Bonchev–Trinajstić information content (AvgIpc) is 2.18. The predicted molar refractivity (Wildman–Crippen MR) is 59.4 cm³/mol. The molecule has 0 amide bonds. The normalized spacial score (nSPS) is 9.57. The molecule has 1 aromatic carbocycles. The Morgan fingerprint density at radius 2 is 2.00 bits per heavy atom. The molecule has 0 saturated heterocycles. The van der Waals surface area contributed by atoms with Crippen LogP contribution in [0.4, 0.5) is 5.69 Å². The summed E-state index contributed by atoms with van der Waals surface area (Å²) in [6, 6.07) is 8.53. The second-order valence-electron chi connectivity index (χ2n) is 3.60. The van der Waals surface area contributed by atoms with Crippen molar-refractivity contribution in [3.8, 4) is 6.07 Å². The van der Waals surface area contributed by atoms with Crippen LogP contribution < -0.4 is 4.90 Å². The van der Waals surface area contributed by atoms with Crippen molar-refractivity contribution in [2.24, 2.45) is 0 Å². The van der Waals surface area contributed by atoms with Gasteiger partial charge >= 0.3 is 0 Å². The van der Waals surface area contributed by atoms with Gasteiger partial charge in [-0.15, -0.1) is 0 Å². The third kappa shape index (κ3) is 2.50. The molecule has 2 heteroatoms. The lowest BCUT2D eigenvalue weighted by atomic mass is 10.1. The van der Waals surface area contributed by atoms with Gasteiger partial charge in [0.1, 0.15) is 0 Å². The molecule has 74 valence electrons. The summed E-state index contributed by atoms with van der Waals surface area (Å²) in [6.07, 6.45) is 0.573. The second kappa shape index (κ2) is 4.66. The van der Waals surface area contributed by atoms with E-state index in [2.05, 4.69) is 43.0 Å². The Balaban J connectivity index is 2.76. The molecule has 0 N–H and O–H groups in total. The topological polar surface area (TPSA) is 27.0 Å². The van der Waals surface area contributed by atoms with Crippen molar-refractivity contribution in [1.29, 1.82) is 5.26 Å². The molecule has 2 nitrogen and oxygen atoms in total.